The number of quaternary nitrogens is 1. The summed E-state index contributed by atoms with van der Waals surface area (Å²) in [5.41, 5.74) is 0. The molecule has 0 saturated carbocycles. The largest absolute Gasteiger partial charge is 0.385 e. The van der Waals surface area contributed by atoms with Crippen molar-refractivity contribution in [1.29, 1.82) is 0 Å². The average molecular weight is 461 g/mol. The zero-order valence-electron chi connectivity index (χ0n) is 21.6. The summed E-state index contributed by atoms with van der Waals surface area (Å²) < 4.78 is 18.4. The van der Waals surface area contributed by atoms with Crippen LogP contribution in [0.4, 0.5) is 0 Å². The minimum atomic E-state index is -3.55. The molecule has 0 spiro atoms. The fraction of sp³-hybridized carbons (Fsp3) is 0.923. The molecule has 0 rings (SSSR count). The molecule has 0 bridgehead atoms. The van der Waals surface area contributed by atoms with E-state index in [4.69, 9.17) is 4.52 Å². The number of allylic oxidation sites excluding steroid dienone is 2. The Kier molecular flexibility index (Phi) is 19.2. The van der Waals surface area contributed by atoms with Gasteiger partial charge in [-0.3, -0.25) is 4.57 Å². The van der Waals surface area contributed by atoms with Gasteiger partial charge in [-0.15, -0.1) is 0 Å². The lowest BCUT2D eigenvalue weighted by Gasteiger charge is -2.35. The van der Waals surface area contributed by atoms with Gasteiger partial charge in [-0.05, 0) is 32.1 Å². The molecule has 0 aromatic carbocycles. The van der Waals surface area contributed by atoms with E-state index in [2.05, 4.69) is 19.1 Å². The average Bonchev–Trinajstić information content (AvgIpc) is 2.68. The van der Waals surface area contributed by atoms with Crippen molar-refractivity contribution in [3.8, 4) is 0 Å². The molecule has 5 heteroatoms. The van der Waals surface area contributed by atoms with Crippen LogP contribution < -0.4 is 0 Å². The summed E-state index contributed by atoms with van der Waals surface area (Å²) in [6, 6.07) is 0. The van der Waals surface area contributed by atoms with Crippen molar-refractivity contribution in [1.82, 2.24) is 0 Å². The Bertz CT molecular complexity index is 474. The number of hydrogen-bond donors (Lipinski definition) is 1. The predicted molar refractivity (Wildman–Crippen MR) is 137 cm³/mol. The van der Waals surface area contributed by atoms with Crippen LogP contribution in [0.1, 0.15) is 123 Å². The van der Waals surface area contributed by atoms with E-state index in [1.165, 1.54) is 89.9 Å². The molecule has 31 heavy (non-hydrogen) atoms. The molecule has 4 nitrogen and oxygen atoms in total. The summed E-state index contributed by atoms with van der Waals surface area (Å²) in [5, 5.41) is 0. The van der Waals surface area contributed by atoms with Crippen LogP contribution in [0.15, 0.2) is 12.2 Å². The third kappa shape index (κ3) is 18.0. The topological polar surface area (TPSA) is 46.5 Å². The lowest BCUT2D eigenvalue weighted by Crippen LogP contribution is -2.44. The molecule has 0 aliphatic carbocycles. The highest BCUT2D eigenvalue weighted by Gasteiger charge is 2.41. The number of nitrogens with zero attached hydrogens (tertiary/aromatic N) is 1. The first-order chi connectivity index (χ1) is 14.8. The zero-order valence-corrected chi connectivity index (χ0v) is 22.5. The number of hydrogen-bond acceptors (Lipinski definition) is 2. The van der Waals surface area contributed by atoms with Crippen LogP contribution in [0.25, 0.3) is 0 Å². The first kappa shape index (κ1) is 30.9. The Hall–Kier alpha value is -0.150. The zero-order chi connectivity index (χ0) is 23.4. The summed E-state index contributed by atoms with van der Waals surface area (Å²) in [6.45, 7) is 4.62. The van der Waals surface area contributed by atoms with E-state index in [9.17, 15) is 9.46 Å². The molecule has 0 heterocycles. The molecular weight excluding hydrogens is 405 g/mol. The molecular formula is C26H55NO3P+. The van der Waals surface area contributed by atoms with Gasteiger partial charge in [0.15, 0.2) is 5.78 Å². The van der Waals surface area contributed by atoms with Gasteiger partial charge in [0.25, 0.3) is 0 Å². The summed E-state index contributed by atoms with van der Waals surface area (Å²) in [7, 11) is 2.30. The highest BCUT2D eigenvalue weighted by molar-refractivity contribution is 7.53. The van der Waals surface area contributed by atoms with E-state index >= 15 is 0 Å². The third-order valence-electron chi connectivity index (χ3n) is 6.07. The van der Waals surface area contributed by atoms with Crippen molar-refractivity contribution < 1.29 is 18.5 Å². The molecule has 1 N–H and O–H groups in total. The maximum Gasteiger partial charge on any atom is 0.385 e. The van der Waals surface area contributed by atoms with Crippen LogP contribution in [-0.2, 0) is 9.09 Å². The summed E-state index contributed by atoms with van der Waals surface area (Å²) >= 11 is 0. The van der Waals surface area contributed by atoms with E-state index < -0.39 is 7.60 Å². The Morgan fingerprint density at radius 1 is 0.742 bits per heavy atom. The first-order valence-corrected chi connectivity index (χ1v) is 14.8. The standard InChI is InChI=1S/C26H54NO3P/c1-6-8-9-10-11-12-13-14-15-16-17-18-19-20-21-22-23-24-25-30-31(28,29)26(7-2)27(3,4)5/h17-18,26H,6-16,19-25H2,1-5H3/p+1. The van der Waals surface area contributed by atoms with E-state index in [1.807, 2.05) is 28.1 Å². The van der Waals surface area contributed by atoms with Crippen molar-refractivity contribution in [3.05, 3.63) is 12.2 Å². The van der Waals surface area contributed by atoms with Crippen molar-refractivity contribution in [2.75, 3.05) is 27.7 Å². The van der Waals surface area contributed by atoms with Gasteiger partial charge < -0.3 is 13.9 Å². The lowest BCUT2D eigenvalue weighted by molar-refractivity contribution is -0.883. The Morgan fingerprint density at radius 3 is 1.58 bits per heavy atom. The molecule has 0 amide bonds. The van der Waals surface area contributed by atoms with Gasteiger partial charge in [0.1, 0.15) is 0 Å². The van der Waals surface area contributed by atoms with Crippen LogP contribution in [0.3, 0.4) is 0 Å². The highest BCUT2D eigenvalue weighted by Crippen LogP contribution is 2.51. The van der Waals surface area contributed by atoms with Crippen molar-refractivity contribution in [3.63, 3.8) is 0 Å². The smallest absolute Gasteiger partial charge is 0.320 e. The third-order valence-corrected chi connectivity index (χ3v) is 8.43. The molecule has 0 radical (unpaired) electrons. The van der Waals surface area contributed by atoms with E-state index in [1.54, 1.807) is 0 Å². The minimum Gasteiger partial charge on any atom is -0.320 e. The normalized spacial score (nSPS) is 15.4. The van der Waals surface area contributed by atoms with Crippen LogP contribution in [0, 0.1) is 0 Å². The van der Waals surface area contributed by atoms with E-state index in [0.29, 0.717) is 17.5 Å². The van der Waals surface area contributed by atoms with Gasteiger partial charge in [0, 0.05) is 6.42 Å². The van der Waals surface area contributed by atoms with Gasteiger partial charge >= 0.3 is 7.60 Å². The second kappa shape index (κ2) is 19.3. The highest BCUT2D eigenvalue weighted by atomic mass is 31.2. The molecule has 0 aliphatic heterocycles. The maximum atomic E-state index is 12.5. The summed E-state index contributed by atoms with van der Waals surface area (Å²) in [6.07, 6.45) is 26.0. The number of rotatable bonds is 22. The van der Waals surface area contributed by atoms with Crippen LogP contribution >= 0.6 is 7.60 Å². The fourth-order valence-corrected chi connectivity index (χ4v) is 6.10. The van der Waals surface area contributed by atoms with Crippen LogP contribution in [0.2, 0.25) is 0 Å². The molecule has 0 aliphatic rings. The van der Waals surface area contributed by atoms with E-state index in [0.717, 1.165) is 12.8 Å². The van der Waals surface area contributed by atoms with Gasteiger partial charge in [-0.2, -0.15) is 0 Å². The summed E-state index contributed by atoms with van der Waals surface area (Å²) in [4.78, 5) is 10.3. The van der Waals surface area contributed by atoms with Crippen LogP contribution in [-0.4, -0.2) is 42.9 Å². The quantitative estimate of drug-likeness (QED) is 0.0763. The van der Waals surface area contributed by atoms with Crippen molar-refractivity contribution >= 4 is 7.60 Å². The van der Waals surface area contributed by atoms with Crippen molar-refractivity contribution in [2.45, 2.75) is 129 Å². The van der Waals surface area contributed by atoms with Gasteiger partial charge in [-0.25, -0.2) is 0 Å². The Morgan fingerprint density at radius 2 is 1.16 bits per heavy atom. The second-order valence-electron chi connectivity index (χ2n) is 10.0. The monoisotopic (exact) mass is 460 g/mol. The second-order valence-corrected chi connectivity index (χ2v) is 12.0. The molecule has 2 atom stereocenters. The molecule has 0 fully saturated rings. The molecule has 0 aromatic heterocycles. The van der Waals surface area contributed by atoms with Gasteiger partial charge in [0.05, 0.1) is 27.7 Å². The lowest BCUT2D eigenvalue weighted by atomic mass is 10.1. The Labute approximate surface area is 195 Å². The SMILES string of the molecule is CCCCCCCCCCCC=CCCCCCCCOP(=O)(O)C(CC)[N+](C)(C)C. The van der Waals surface area contributed by atoms with Crippen LogP contribution in [0.5, 0.6) is 0 Å². The first-order valence-electron chi connectivity index (χ1n) is 13.2. The molecule has 0 saturated heterocycles. The fourth-order valence-electron chi connectivity index (χ4n) is 4.20. The maximum absolute atomic E-state index is 12.5. The van der Waals surface area contributed by atoms with Crippen molar-refractivity contribution in [2.24, 2.45) is 0 Å². The van der Waals surface area contributed by atoms with E-state index in [-0.39, 0.29) is 5.78 Å². The van der Waals surface area contributed by atoms with Gasteiger partial charge in [-0.1, -0.05) is 96.6 Å². The molecule has 2 unspecified atom stereocenters. The summed E-state index contributed by atoms with van der Waals surface area (Å²) in [5.74, 6) is -0.352. The molecule has 0 aromatic rings. The minimum absolute atomic E-state index is 0.352. The predicted octanol–water partition coefficient (Wildman–Crippen LogP) is 8.45. The number of unbranched alkanes of at least 4 members (excludes halogenated alkanes) is 14. The Balaban J connectivity index is 3.49. The van der Waals surface area contributed by atoms with Gasteiger partial charge in [0.2, 0.25) is 0 Å². The molecule has 186 valence electrons.